The van der Waals surface area contributed by atoms with Gasteiger partial charge < -0.3 is 21.1 Å². The number of unbranched alkanes of at least 4 members (excludes halogenated alkanes) is 1. The predicted molar refractivity (Wildman–Crippen MR) is 99.3 cm³/mol. The first-order valence-electron chi connectivity index (χ1n) is 8.80. The molecule has 0 saturated carbocycles. The molecule has 0 aliphatic carbocycles. The first-order valence-corrected chi connectivity index (χ1v) is 8.80. The summed E-state index contributed by atoms with van der Waals surface area (Å²) in [6.07, 6.45) is 1.59. The fraction of sp³-hybridized carbons (Fsp3) is 0.579. The summed E-state index contributed by atoms with van der Waals surface area (Å²) in [6.45, 7) is 7.04. The Labute approximate surface area is 150 Å². The predicted octanol–water partition coefficient (Wildman–Crippen LogP) is 2.54. The summed E-state index contributed by atoms with van der Waals surface area (Å²) in [6, 6.07) is 9.70. The maximum Gasteiger partial charge on any atom is 0.407 e. The average Bonchev–Trinajstić information content (AvgIpc) is 2.54. The largest absolute Gasteiger partial charge is 0.444 e. The quantitative estimate of drug-likeness (QED) is 0.597. The van der Waals surface area contributed by atoms with Crippen LogP contribution in [0, 0.1) is 0 Å². The molecule has 1 atom stereocenters. The van der Waals surface area contributed by atoms with Gasteiger partial charge in [0.05, 0.1) is 0 Å². The van der Waals surface area contributed by atoms with E-state index in [0.717, 1.165) is 18.4 Å². The van der Waals surface area contributed by atoms with Gasteiger partial charge in [-0.3, -0.25) is 4.79 Å². The molecular weight excluding hydrogens is 318 g/mol. The summed E-state index contributed by atoms with van der Waals surface area (Å²) >= 11 is 0. The molecule has 1 unspecified atom stereocenters. The topological polar surface area (TPSA) is 93.4 Å². The minimum Gasteiger partial charge on any atom is -0.444 e. The molecule has 1 aromatic rings. The molecule has 0 heterocycles. The van der Waals surface area contributed by atoms with E-state index < -0.39 is 11.7 Å². The Morgan fingerprint density at radius 2 is 1.80 bits per heavy atom. The molecule has 6 heteroatoms. The number of hydrogen-bond donors (Lipinski definition) is 3. The van der Waals surface area contributed by atoms with E-state index in [0.29, 0.717) is 26.1 Å². The van der Waals surface area contributed by atoms with Crippen molar-refractivity contribution in [2.75, 3.05) is 19.6 Å². The second-order valence-electron chi connectivity index (χ2n) is 7.04. The molecule has 2 amide bonds. The van der Waals surface area contributed by atoms with Gasteiger partial charge in [0.2, 0.25) is 5.91 Å². The highest BCUT2D eigenvalue weighted by Gasteiger charge is 2.20. The Morgan fingerprint density at radius 3 is 2.40 bits per heavy atom. The van der Waals surface area contributed by atoms with Gasteiger partial charge in [0.15, 0.2) is 0 Å². The van der Waals surface area contributed by atoms with E-state index in [2.05, 4.69) is 10.6 Å². The van der Waals surface area contributed by atoms with Gasteiger partial charge in [-0.2, -0.15) is 0 Å². The number of benzene rings is 1. The lowest BCUT2D eigenvalue weighted by molar-refractivity contribution is -0.121. The number of carbonyl (C=O) groups is 2. The van der Waals surface area contributed by atoms with Crippen molar-refractivity contribution in [3.63, 3.8) is 0 Å². The van der Waals surface area contributed by atoms with Crippen molar-refractivity contribution in [2.45, 2.75) is 51.6 Å². The van der Waals surface area contributed by atoms with Crippen LogP contribution in [-0.2, 0) is 9.53 Å². The second kappa shape index (κ2) is 10.7. The Morgan fingerprint density at radius 1 is 1.12 bits per heavy atom. The lowest BCUT2D eigenvalue weighted by Crippen LogP contribution is -2.36. The summed E-state index contributed by atoms with van der Waals surface area (Å²) in [5.74, 6) is -0.139. The smallest absolute Gasteiger partial charge is 0.407 e. The lowest BCUT2D eigenvalue weighted by Gasteiger charge is -2.22. The van der Waals surface area contributed by atoms with E-state index in [1.54, 1.807) is 0 Å². The van der Waals surface area contributed by atoms with Crippen LogP contribution in [0.15, 0.2) is 30.3 Å². The highest BCUT2D eigenvalue weighted by atomic mass is 16.6. The van der Waals surface area contributed by atoms with Gasteiger partial charge in [0, 0.05) is 25.4 Å². The number of hydrogen-bond acceptors (Lipinski definition) is 4. The van der Waals surface area contributed by atoms with Crippen molar-refractivity contribution in [1.82, 2.24) is 10.6 Å². The maximum atomic E-state index is 12.2. The van der Waals surface area contributed by atoms with Crippen molar-refractivity contribution in [3.8, 4) is 0 Å². The Balaban J connectivity index is 2.59. The van der Waals surface area contributed by atoms with E-state index >= 15 is 0 Å². The van der Waals surface area contributed by atoms with Gasteiger partial charge in [-0.05, 0) is 45.7 Å². The molecule has 4 N–H and O–H groups in total. The highest BCUT2D eigenvalue weighted by Crippen LogP contribution is 2.19. The minimum absolute atomic E-state index is 0.0307. The molecule has 0 spiro atoms. The second-order valence-corrected chi connectivity index (χ2v) is 7.04. The summed E-state index contributed by atoms with van der Waals surface area (Å²) < 4.78 is 5.26. The number of ether oxygens (including phenoxy) is 1. The van der Waals surface area contributed by atoms with Crippen LogP contribution in [0.3, 0.4) is 0 Å². The molecule has 140 valence electrons. The zero-order valence-electron chi connectivity index (χ0n) is 15.5. The number of nitrogens with one attached hydrogen (secondary N) is 2. The summed E-state index contributed by atoms with van der Waals surface area (Å²) in [5.41, 5.74) is 5.91. The summed E-state index contributed by atoms with van der Waals surface area (Å²) in [4.78, 5) is 24.1. The van der Waals surface area contributed by atoms with Crippen LogP contribution in [0.2, 0.25) is 0 Å². The molecule has 0 aliphatic heterocycles. The number of amides is 2. The maximum absolute atomic E-state index is 12.2. The normalized spacial score (nSPS) is 12.3. The number of rotatable bonds is 9. The van der Waals surface area contributed by atoms with Crippen LogP contribution >= 0.6 is 0 Å². The molecule has 25 heavy (non-hydrogen) atoms. The van der Waals surface area contributed by atoms with Crippen molar-refractivity contribution in [1.29, 1.82) is 0 Å². The number of nitrogens with two attached hydrogens (primary N) is 1. The number of alkyl carbamates (subject to hydrolysis) is 1. The van der Waals surface area contributed by atoms with Crippen LogP contribution in [0.25, 0.3) is 0 Å². The fourth-order valence-electron chi connectivity index (χ4n) is 2.35. The monoisotopic (exact) mass is 349 g/mol. The molecule has 0 aromatic heterocycles. The van der Waals surface area contributed by atoms with Crippen molar-refractivity contribution in [2.24, 2.45) is 5.73 Å². The molecule has 1 aromatic carbocycles. The van der Waals surface area contributed by atoms with Crippen LogP contribution in [0.5, 0.6) is 0 Å². The molecule has 0 aliphatic rings. The highest BCUT2D eigenvalue weighted by molar-refractivity contribution is 5.77. The molecule has 1 rings (SSSR count). The zero-order valence-corrected chi connectivity index (χ0v) is 15.5. The fourth-order valence-corrected chi connectivity index (χ4v) is 2.35. The number of carbonyl (C=O) groups excluding carboxylic acids is 2. The van der Waals surface area contributed by atoms with Gasteiger partial charge in [-0.25, -0.2) is 4.79 Å². The van der Waals surface area contributed by atoms with E-state index in [1.807, 2.05) is 51.1 Å². The van der Waals surface area contributed by atoms with Gasteiger partial charge in [-0.1, -0.05) is 30.3 Å². The van der Waals surface area contributed by atoms with Crippen molar-refractivity contribution in [3.05, 3.63) is 35.9 Å². The molecule has 6 nitrogen and oxygen atoms in total. The SMILES string of the molecule is CC(C)(C)OC(=O)NCC(CC(=O)NCCCCN)c1ccccc1. The zero-order chi connectivity index (χ0) is 18.7. The van der Waals surface area contributed by atoms with Gasteiger partial charge >= 0.3 is 6.09 Å². The van der Waals surface area contributed by atoms with Gasteiger partial charge in [-0.15, -0.1) is 0 Å². The van der Waals surface area contributed by atoms with Crippen molar-refractivity contribution < 1.29 is 14.3 Å². The molecule has 0 fully saturated rings. The van der Waals surface area contributed by atoms with Crippen LogP contribution in [0.4, 0.5) is 4.79 Å². The Bertz CT molecular complexity index is 526. The van der Waals surface area contributed by atoms with E-state index in [-0.39, 0.29) is 11.8 Å². The molecule has 0 bridgehead atoms. The standard InChI is InChI=1S/C19H31N3O3/c1-19(2,3)25-18(24)22-14-16(15-9-5-4-6-10-15)13-17(23)21-12-8-7-11-20/h4-6,9-10,16H,7-8,11-14,20H2,1-3H3,(H,21,23)(H,22,24). The molecule has 0 saturated heterocycles. The lowest BCUT2D eigenvalue weighted by atomic mass is 9.95. The summed E-state index contributed by atoms with van der Waals surface area (Å²) in [7, 11) is 0. The van der Waals surface area contributed by atoms with Crippen molar-refractivity contribution >= 4 is 12.0 Å². The van der Waals surface area contributed by atoms with E-state index in [1.165, 1.54) is 0 Å². The third-order valence-electron chi connectivity index (χ3n) is 3.55. The Kier molecular flexibility index (Phi) is 8.99. The van der Waals surface area contributed by atoms with E-state index in [4.69, 9.17) is 10.5 Å². The van der Waals surface area contributed by atoms with Gasteiger partial charge in [0.25, 0.3) is 0 Å². The average molecular weight is 349 g/mol. The van der Waals surface area contributed by atoms with Crippen LogP contribution in [0.1, 0.15) is 51.5 Å². The third-order valence-corrected chi connectivity index (χ3v) is 3.55. The van der Waals surface area contributed by atoms with Gasteiger partial charge in [0.1, 0.15) is 5.60 Å². The first kappa shape index (κ1) is 21.0. The molecular formula is C19H31N3O3. The third kappa shape index (κ3) is 9.72. The Hall–Kier alpha value is -2.08. The first-order chi connectivity index (χ1) is 11.8. The van der Waals surface area contributed by atoms with Crippen LogP contribution in [-0.4, -0.2) is 37.2 Å². The van der Waals surface area contributed by atoms with Crippen LogP contribution < -0.4 is 16.4 Å². The summed E-state index contributed by atoms with van der Waals surface area (Å²) in [5, 5.41) is 5.67. The molecule has 0 radical (unpaired) electrons. The minimum atomic E-state index is -0.549. The van der Waals surface area contributed by atoms with E-state index in [9.17, 15) is 9.59 Å².